The third-order valence-corrected chi connectivity index (χ3v) is 8.65. The summed E-state index contributed by atoms with van der Waals surface area (Å²) < 4.78 is 5.24. The first kappa shape index (κ1) is 68.6. The number of hydrogen-bond acceptors (Lipinski definition) is 6. The Labute approximate surface area is 355 Å². The number of carboxylic acids is 1. The molecule has 0 saturated heterocycles. The number of benzene rings is 2. The van der Waals surface area contributed by atoms with Gasteiger partial charge in [0.1, 0.15) is 17.1 Å². The van der Waals surface area contributed by atoms with Crippen molar-refractivity contribution in [2.24, 2.45) is 10.8 Å². The van der Waals surface area contributed by atoms with E-state index in [2.05, 4.69) is 62.3 Å². The summed E-state index contributed by atoms with van der Waals surface area (Å²) in [5, 5.41) is 35.1. The molecule has 340 valence electrons. The van der Waals surface area contributed by atoms with Crippen molar-refractivity contribution in [3.8, 4) is 11.5 Å². The third kappa shape index (κ3) is 43.9. The van der Waals surface area contributed by atoms with Crippen LogP contribution in [0.25, 0.3) is 0 Å². The van der Waals surface area contributed by atoms with Crippen molar-refractivity contribution in [2.45, 2.75) is 228 Å². The number of aromatic hydroxyl groups is 2. The van der Waals surface area contributed by atoms with Crippen molar-refractivity contribution in [3.05, 3.63) is 59.7 Å². The summed E-state index contributed by atoms with van der Waals surface area (Å²) in [4.78, 5) is 21.6. The molecule has 0 aliphatic rings. The van der Waals surface area contributed by atoms with Crippen LogP contribution in [0.2, 0.25) is 0 Å². The van der Waals surface area contributed by atoms with Gasteiger partial charge < -0.3 is 25.2 Å². The minimum atomic E-state index is -0.707. The summed E-state index contributed by atoms with van der Waals surface area (Å²) in [7, 11) is 0. The first-order valence-corrected chi connectivity index (χ1v) is 20.5. The number of esters is 1. The summed E-state index contributed by atoms with van der Waals surface area (Å²) >= 11 is 0. The van der Waals surface area contributed by atoms with Crippen LogP contribution in [0, 0.1) is 10.8 Å². The van der Waals surface area contributed by atoms with Crippen LogP contribution >= 0.6 is 0 Å². The molecule has 0 unspecified atom stereocenters. The lowest BCUT2D eigenvalue weighted by molar-refractivity contribution is -0.157. The van der Waals surface area contributed by atoms with Crippen molar-refractivity contribution in [1.82, 2.24) is 0 Å². The van der Waals surface area contributed by atoms with Gasteiger partial charge in [0.25, 0.3) is 0 Å². The fraction of sp³-hybridized carbons (Fsp3) is 0.720. The molecule has 0 heterocycles. The zero-order valence-corrected chi connectivity index (χ0v) is 39.9. The van der Waals surface area contributed by atoms with E-state index in [4.69, 9.17) is 25.2 Å². The van der Waals surface area contributed by atoms with E-state index in [0.717, 1.165) is 25.7 Å². The normalized spacial score (nSPS) is 10.9. The third-order valence-electron chi connectivity index (χ3n) is 8.65. The summed E-state index contributed by atoms with van der Waals surface area (Å²) in [5.41, 5.74) is 2.15. The minimum Gasteiger partial charge on any atom is -0.508 e. The predicted octanol–water partition coefficient (Wildman–Crippen LogP) is 15.3. The second-order valence-electron chi connectivity index (χ2n) is 18.1. The van der Waals surface area contributed by atoms with Gasteiger partial charge >= 0.3 is 11.9 Å². The van der Waals surface area contributed by atoms with Crippen LogP contribution in [-0.4, -0.2) is 43.6 Å². The molecule has 2 aromatic carbocycles. The van der Waals surface area contributed by atoms with Gasteiger partial charge in [-0.25, -0.2) is 0 Å². The van der Waals surface area contributed by atoms with Gasteiger partial charge in [-0.1, -0.05) is 163 Å². The van der Waals surface area contributed by atoms with Gasteiger partial charge in [-0.2, -0.15) is 0 Å². The lowest BCUT2D eigenvalue weighted by atomic mass is 9.82. The average molecular weight is 811 g/mol. The van der Waals surface area contributed by atoms with E-state index >= 15 is 0 Å². The number of ether oxygens (including phenoxy) is 1. The van der Waals surface area contributed by atoms with Crippen LogP contribution < -0.4 is 0 Å². The summed E-state index contributed by atoms with van der Waals surface area (Å²) in [6.07, 6.45) is 4.89. The standard InChI is InChI=1S/C11H22O2.2C11H16O.C7H14O2.C4H10O.2C2H6.2CH4/c1-7-11(5,6)8-9(12)13-10(2,3)4;2*1-4-11(2,3)9-5-7-10(12)8-6-9;1-4-7(2,3)5-6(8)9;1-4(2,3)5;2*1-2;;/h7-8H2,1-6H3;2*5-8,12H,4H2,1-3H3;4-5H2,1-3H3,(H,8,9);5H,1-3H3;2*1-2H3;2*1H4. The molecule has 0 atom stereocenters. The van der Waals surface area contributed by atoms with Crippen LogP contribution in [-0.2, 0) is 25.2 Å². The van der Waals surface area contributed by atoms with Gasteiger partial charge in [0, 0.05) is 0 Å². The Bertz CT molecular complexity index is 1160. The van der Waals surface area contributed by atoms with E-state index in [-0.39, 0.29) is 54.5 Å². The molecule has 0 radical (unpaired) electrons. The maximum Gasteiger partial charge on any atom is 0.306 e. The highest BCUT2D eigenvalue weighted by Crippen LogP contribution is 2.29. The summed E-state index contributed by atoms with van der Waals surface area (Å²) in [6, 6.07) is 14.9. The van der Waals surface area contributed by atoms with Gasteiger partial charge in [-0.3, -0.25) is 9.59 Å². The second kappa shape index (κ2) is 32.8. The van der Waals surface area contributed by atoms with Crippen LogP contribution in [0.5, 0.6) is 11.5 Å². The quantitative estimate of drug-likeness (QED) is 0.176. The number of carbonyl (C=O) groups excluding carboxylic acids is 1. The fourth-order valence-electron chi connectivity index (χ4n) is 3.66. The first-order valence-electron chi connectivity index (χ1n) is 20.5. The molecule has 0 spiro atoms. The van der Waals surface area contributed by atoms with Crippen LogP contribution in [0.4, 0.5) is 0 Å². The molecule has 0 fully saturated rings. The van der Waals surface area contributed by atoms with E-state index in [9.17, 15) is 9.59 Å². The van der Waals surface area contributed by atoms with E-state index in [0.29, 0.717) is 17.9 Å². The van der Waals surface area contributed by atoms with E-state index in [1.807, 2.05) is 93.5 Å². The molecule has 7 nitrogen and oxygen atoms in total. The number of aliphatic carboxylic acids is 1. The maximum absolute atomic E-state index is 11.4. The van der Waals surface area contributed by atoms with Gasteiger partial charge in [0.15, 0.2) is 0 Å². The van der Waals surface area contributed by atoms with Crippen molar-refractivity contribution >= 4 is 11.9 Å². The molecule has 0 saturated carbocycles. The number of aliphatic hydroxyl groups is 1. The van der Waals surface area contributed by atoms with Crippen molar-refractivity contribution in [1.29, 1.82) is 0 Å². The molecule has 4 N–H and O–H groups in total. The average Bonchev–Trinajstić information content (AvgIpc) is 3.05. The molecule has 2 rings (SSSR count). The van der Waals surface area contributed by atoms with Gasteiger partial charge in [-0.15, -0.1) is 0 Å². The number of carbonyl (C=O) groups is 2. The Morgan fingerprint density at radius 3 is 0.930 bits per heavy atom. The Morgan fingerprint density at radius 2 is 0.754 bits per heavy atom. The van der Waals surface area contributed by atoms with Gasteiger partial charge in [-0.05, 0) is 111 Å². The smallest absolute Gasteiger partial charge is 0.306 e. The molecule has 0 aliphatic carbocycles. The highest BCUT2D eigenvalue weighted by Gasteiger charge is 2.24. The van der Waals surface area contributed by atoms with Crippen molar-refractivity contribution in [2.75, 3.05) is 0 Å². The highest BCUT2D eigenvalue weighted by atomic mass is 16.6. The molecular weight excluding hydrogens is 713 g/mol. The number of phenolic OH excluding ortho intramolecular Hbond substituents is 2. The first-order chi connectivity index (χ1) is 24.8. The van der Waals surface area contributed by atoms with E-state index in [1.54, 1.807) is 45.0 Å². The number of rotatable bonds is 10. The summed E-state index contributed by atoms with van der Waals surface area (Å²) in [5.74, 6) is -0.127. The minimum absolute atomic E-state index is 0. The molecule has 0 amide bonds. The van der Waals surface area contributed by atoms with E-state index < -0.39 is 11.6 Å². The van der Waals surface area contributed by atoms with Crippen LogP contribution in [0.3, 0.4) is 0 Å². The van der Waals surface area contributed by atoms with Crippen molar-refractivity contribution in [3.63, 3.8) is 0 Å². The van der Waals surface area contributed by atoms with Crippen LogP contribution in [0.15, 0.2) is 48.5 Å². The molecular formula is C50H98O7. The molecule has 0 aromatic heterocycles. The van der Waals surface area contributed by atoms with E-state index in [1.165, 1.54) is 11.1 Å². The lowest BCUT2D eigenvalue weighted by Crippen LogP contribution is -2.27. The van der Waals surface area contributed by atoms with Crippen LogP contribution in [0.1, 0.15) is 217 Å². The molecule has 57 heavy (non-hydrogen) atoms. The zero-order valence-electron chi connectivity index (χ0n) is 39.9. The summed E-state index contributed by atoms with van der Waals surface area (Å²) in [6.45, 7) is 44.3. The number of phenols is 2. The number of hydrogen-bond donors (Lipinski definition) is 4. The van der Waals surface area contributed by atoms with Gasteiger partial charge in [0.05, 0.1) is 18.4 Å². The Morgan fingerprint density at radius 1 is 0.509 bits per heavy atom. The predicted molar refractivity (Wildman–Crippen MR) is 252 cm³/mol. The second-order valence-corrected chi connectivity index (χ2v) is 18.1. The number of carboxylic acid groups (broad SMARTS) is 1. The Kier molecular flexibility index (Phi) is 39.5. The fourth-order valence-corrected chi connectivity index (χ4v) is 3.66. The molecule has 2 aromatic rings. The van der Waals surface area contributed by atoms with Crippen molar-refractivity contribution < 1.29 is 34.8 Å². The topological polar surface area (TPSA) is 124 Å². The lowest BCUT2D eigenvalue weighted by Gasteiger charge is -2.25. The SMILES string of the molecule is C.C.CC.CC.CC(C)(C)O.CCC(C)(C)CC(=O)O.CCC(C)(C)CC(=O)OC(C)(C)C.CCC(C)(C)c1ccc(O)cc1.CCC(C)(C)c1ccc(O)cc1. The largest absolute Gasteiger partial charge is 0.508 e. The zero-order chi connectivity index (χ0) is 45.1. The molecule has 0 bridgehead atoms. The highest BCUT2D eigenvalue weighted by molar-refractivity contribution is 5.70. The molecule has 7 heteroatoms. The Balaban J connectivity index is -0.000000109. The monoisotopic (exact) mass is 811 g/mol. The maximum atomic E-state index is 11.4. The van der Waals surface area contributed by atoms with Gasteiger partial charge in [0.2, 0.25) is 0 Å². The Hall–Kier alpha value is -3.06. The molecule has 0 aliphatic heterocycles.